The van der Waals surface area contributed by atoms with E-state index in [1.54, 1.807) is 48.5 Å². The number of sulfonamides is 1. The van der Waals surface area contributed by atoms with Gasteiger partial charge >= 0.3 is 0 Å². The van der Waals surface area contributed by atoms with Crippen molar-refractivity contribution in [3.8, 4) is 11.3 Å². The van der Waals surface area contributed by atoms with Gasteiger partial charge in [-0.1, -0.05) is 28.8 Å². The van der Waals surface area contributed by atoms with E-state index >= 15 is 0 Å². The lowest BCUT2D eigenvalue weighted by molar-refractivity contribution is 0.601. The van der Waals surface area contributed by atoms with E-state index in [0.717, 1.165) is 11.3 Å². The Balaban J connectivity index is 1.86. The molecule has 0 unspecified atom stereocenters. The first kappa shape index (κ1) is 15.1. The van der Waals surface area contributed by atoms with Crippen LogP contribution in [-0.4, -0.2) is 18.0 Å². The third-order valence-electron chi connectivity index (χ3n) is 2.92. The quantitative estimate of drug-likeness (QED) is 0.729. The van der Waals surface area contributed by atoms with Crippen molar-refractivity contribution in [2.45, 2.75) is 4.90 Å². The first-order chi connectivity index (χ1) is 10.6. The molecule has 0 saturated carbocycles. The monoisotopic (exact) mass is 395 g/mol. The van der Waals surface area contributed by atoms with E-state index < -0.39 is 10.0 Å². The zero-order chi connectivity index (χ0) is 15.6. The number of nitrogens with zero attached hydrogens (tertiary/aromatic N) is 2. The lowest BCUT2D eigenvalue weighted by Crippen LogP contribution is -2.13. The van der Waals surface area contributed by atoms with E-state index in [9.17, 15) is 8.42 Å². The number of anilines is 1. The maximum absolute atomic E-state index is 12.4. The Morgan fingerprint density at radius 2 is 1.77 bits per heavy atom. The highest BCUT2D eigenvalue weighted by Crippen LogP contribution is 2.25. The number of hydrogen-bond acceptors (Lipinski definition) is 5. The maximum Gasteiger partial charge on any atom is 0.263 e. The number of hydrogen-bond donors (Lipinski definition) is 1. The van der Waals surface area contributed by atoms with Crippen LogP contribution in [0.1, 0.15) is 0 Å². The van der Waals surface area contributed by atoms with Gasteiger partial charge in [-0.3, -0.25) is 4.72 Å². The van der Waals surface area contributed by atoms with E-state index in [2.05, 4.69) is 30.2 Å². The minimum atomic E-state index is -3.63. The normalized spacial score (nSPS) is 11.3. The molecule has 2 aromatic carbocycles. The molecule has 0 amide bonds. The minimum absolute atomic E-state index is 0.197. The van der Waals surface area contributed by atoms with Crippen LogP contribution in [0.15, 0.2) is 63.3 Å². The Morgan fingerprint density at radius 3 is 2.41 bits per heavy atom. The van der Waals surface area contributed by atoms with Crippen molar-refractivity contribution in [1.29, 1.82) is 0 Å². The number of benzene rings is 2. The Labute approximate surface area is 140 Å². The molecule has 0 fully saturated rings. The van der Waals surface area contributed by atoms with Crippen LogP contribution in [0.4, 0.5) is 5.69 Å². The van der Waals surface area contributed by atoms with Crippen LogP contribution < -0.4 is 4.72 Å². The fourth-order valence-electron chi connectivity index (χ4n) is 1.87. The summed E-state index contributed by atoms with van der Waals surface area (Å²) in [5.74, 6) is 0. The molecule has 1 N–H and O–H groups in total. The molecule has 3 rings (SSSR count). The van der Waals surface area contributed by atoms with E-state index in [4.69, 9.17) is 0 Å². The predicted octanol–water partition coefficient (Wildman–Crippen LogP) is 3.77. The Bertz CT molecular complexity index is 879. The first-order valence-corrected chi connectivity index (χ1v) is 9.32. The minimum Gasteiger partial charge on any atom is -0.280 e. The van der Waals surface area contributed by atoms with Gasteiger partial charge in [-0.2, -0.15) is 0 Å². The van der Waals surface area contributed by atoms with Crippen molar-refractivity contribution in [3.05, 3.63) is 58.4 Å². The summed E-state index contributed by atoms with van der Waals surface area (Å²) in [6.07, 6.45) is 0. The molecule has 0 aliphatic carbocycles. The van der Waals surface area contributed by atoms with Gasteiger partial charge in [0.1, 0.15) is 10.6 Å². The summed E-state index contributed by atoms with van der Waals surface area (Å²) in [6, 6.07) is 13.7. The van der Waals surface area contributed by atoms with E-state index in [0.29, 0.717) is 10.2 Å². The van der Waals surface area contributed by atoms with Crippen LogP contribution in [0.5, 0.6) is 0 Å². The van der Waals surface area contributed by atoms with Gasteiger partial charge in [-0.15, -0.1) is 5.10 Å². The molecule has 5 nitrogen and oxygen atoms in total. The van der Waals surface area contributed by atoms with Gasteiger partial charge in [0, 0.05) is 21.1 Å². The van der Waals surface area contributed by atoms with Crippen molar-refractivity contribution >= 4 is 43.2 Å². The van der Waals surface area contributed by atoms with Crippen LogP contribution in [-0.2, 0) is 10.0 Å². The van der Waals surface area contributed by atoms with Crippen LogP contribution in [0.2, 0.25) is 0 Å². The van der Waals surface area contributed by atoms with Crippen molar-refractivity contribution < 1.29 is 8.42 Å². The van der Waals surface area contributed by atoms with Crippen LogP contribution in [0.3, 0.4) is 0 Å². The van der Waals surface area contributed by atoms with Gasteiger partial charge in [-0.25, -0.2) is 8.42 Å². The highest BCUT2D eigenvalue weighted by molar-refractivity contribution is 9.10. The summed E-state index contributed by atoms with van der Waals surface area (Å²) < 4.78 is 31.6. The SMILES string of the molecule is O=S(=O)(Nc1ccc(-c2csnn2)cc1)c1ccccc1Br. The Kier molecular flexibility index (Phi) is 4.23. The van der Waals surface area contributed by atoms with E-state index in [1.165, 1.54) is 11.5 Å². The average Bonchev–Trinajstić information content (AvgIpc) is 3.02. The van der Waals surface area contributed by atoms with Crippen molar-refractivity contribution in [2.75, 3.05) is 4.72 Å². The fraction of sp³-hybridized carbons (Fsp3) is 0. The third-order valence-corrected chi connectivity index (χ3v) is 5.82. The number of nitrogens with one attached hydrogen (secondary N) is 1. The standard InChI is InChI=1S/C14H10BrN3O2S2/c15-12-3-1-2-4-14(12)22(19,20)17-11-7-5-10(6-8-11)13-9-21-18-16-13/h1-9,17H. The molecule has 1 aromatic heterocycles. The maximum atomic E-state index is 12.4. The molecule has 112 valence electrons. The molecule has 0 saturated heterocycles. The lowest BCUT2D eigenvalue weighted by atomic mass is 10.2. The number of rotatable bonds is 4. The lowest BCUT2D eigenvalue weighted by Gasteiger charge is -2.09. The van der Waals surface area contributed by atoms with Crippen molar-refractivity contribution in [1.82, 2.24) is 9.59 Å². The van der Waals surface area contributed by atoms with Crippen molar-refractivity contribution in [3.63, 3.8) is 0 Å². The second kappa shape index (κ2) is 6.15. The topological polar surface area (TPSA) is 72.0 Å². The van der Waals surface area contributed by atoms with E-state index in [1.807, 2.05) is 5.38 Å². The molecular weight excluding hydrogens is 386 g/mol. The molecule has 0 aliphatic heterocycles. The summed E-state index contributed by atoms with van der Waals surface area (Å²) in [6.45, 7) is 0. The van der Waals surface area contributed by atoms with Gasteiger partial charge in [0.2, 0.25) is 0 Å². The summed E-state index contributed by atoms with van der Waals surface area (Å²) >= 11 is 4.52. The highest BCUT2D eigenvalue weighted by atomic mass is 79.9. The summed E-state index contributed by atoms with van der Waals surface area (Å²) in [5.41, 5.74) is 2.14. The molecular formula is C14H10BrN3O2S2. The first-order valence-electron chi connectivity index (χ1n) is 6.21. The molecule has 22 heavy (non-hydrogen) atoms. The molecule has 8 heteroatoms. The van der Waals surface area contributed by atoms with Crippen LogP contribution >= 0.6 is 27.5 Å². The number of aromatic nitrogens is 2. The van der Waals surface area contributed by atoms with Crippen LogP contribution in [0.25, 0.3) is 11.3 Å². The molecule has 0 spiro atoms. The zero-order valence-electron chi connectivity index (χ0n) is 11.1. The highest BCUT2D eigenvalue weighted by Gasteiger charge is 2.17. The second-order valence-electron chi connectivity index (χ2n) is 4.40. The smallest absolute Gasteiger partial charge is 0.263 e. The van der Waals surface area contributed by atoms with Gasteiger partial charge in [0.05, 0.1) is 0 Å². The molecule has 0 bridgehead atoms. The molecule has 0 aliphatic rings. The van der Waals surface area contributed by atoms with Crippen LogP contribution in [0, 0.1) is 0 Å². The van der Waals surface area contributed by atoms with Gasteiger partial charge in [0.15, 0.2) is 0 Å². The van der Waals surface area contributed by atoms with Gasteiger partial charge in [0.25, 0.3) is 10.0 Å². The fourth-order valence-corrected chi connectivity index (χ4v) is 4.40. The molecule has 3 aromatic rings. The zero-order valence-corrected chi connectivity index (χ0v) is 14.3. The molecule has 1 heterocycles. The Hall–Kier alpha value is -1.77. The Morgan fingerprint density at radius 1 is 1.05 bits per heavy atom. The second-order valence-corrected chi connectivity index (χ2v) is 7.52. The molecule has 0 radical (unpaired) electrons. The summed E-state index contributed by atoms with van der Waals surface area (Å²) in [4.78, 5) is 0.197. The predicted molar refractivity (Wildman–Crippen MR) is 90.3 cm³/mol. The molecule has 0 atom stereocenters. The average molecular weight is 396 g/mol. The van der Waals surface area contributed by atoms with Gasteiger partial charge in [-0.05, 0) is 51.7 Å². The largest absolute Gasteiger partial charge is 0.280 e. The number of halogens is 1. The van der Waals surface area contributed by atoms with Gasteiger partial charge < -0.3 is 0 Å². The third kappa shape index (κ3) is 3.18. The summed E-state index contributed by atoms with van der Waals surface area (Å²) in [7, 11) is -3.63. The summed E-state index contributed by atoms with van der Waals surface area (Å²) in [5, 5.41) is 5.81. The van der Waals surface area contributed by atoms with Crippen molar-refractivity contribution in [2.24, 2.45) is 0 Å². The van der Waals surface area contributed by atoms with E-state index in [-0.39, 0.29) is 4.90 Å².